The number of nitrogens with one attached hydrogen (secondary N) is 1. The summed E-state index contributed by atoms with van der Waals surface area (Å²) in [4.78, 5) is 23.1. The predicted octanol–water partition coefficient (Wildman–Crippen LogP) is 4.57. The molecule has 0 saturated carbocycles. The molecule has 0 bridgehead atoms. The van der Waals surface area contributed by atoms with Gasteiger partial charge in [-0.15, -0.1) is 11.3 Å². The topological polar surface area (TPSA) is 105 Å². The number of nitro groups is 1. The number of nitrogens with zero attached hydrogens (tertiary/aromatic N) is 2. The second-order valence-electron chi connectivity index (χ2n) is 5.11. The molecule has 8 heteroatoms. The third-order valence-electron chi connectivity index (χ3n) is 3.37. The van der Waals surface area contributed by atoms with Gasteiger partial charge in [0, 0.05) is 11.8 Å². The van der Waals surface area contributed by atoms with Crippen LogP contribution < -0.4 is 10.1 Å². The van der Waals surface area contributed by atoms with E-state index in [1.165, 1.54) is 23.5 Å². The lowest BCUT2D eigenvalue weighted by Crippen LogP contribution is -2.09. The Morgan fingerprint density at radius 1 is 1.19 bits per heavy atom. The molecule has 1 amide bonds. The van der Waals surface area contributed by atoms with Gasteiger partial charge in [-0.2, -0.15) is 5.26 Å². The molecule has 3 rings (SSSR count). The Balaban J connectivity index is 1.75. The van der Waals surface area contributed by atoms with Gasteiger partial charge >= 0.3 is 5.69 Å². The fraction of sp³-hybridized carbons (Fsp3) is 0. The lowest BCUT2D eigenvalue weighted by Gasteiger charge is -2.08. The number of nitriles is 1. The van der Waals surface area contributed by atoms with Crippen LogP contribution in [0.3, 0.4) is 0 Å². The third kappa shape index (κ3) is 3.85. The van der Waals surface area contributed by atoms with Crippen LogP contribution >= 0.6 is 11.3 Å². The molecule has 1 N–H and O–H groups in total. The average molecular weight is 365 g/mol. The van der Waals surface area contributed by atoms with E-state index >= 15 is 0 Å². The van der Waals surface area contributed by atoms with Crippen molar-refractivity contribution in [2.45, 2.75) is 0 Å². The van der Waals surface area contributed by atoms with E-state index in [-0.39, 0.29) is 22.9 Å². The maximum Gasteiger partial charge on any atom is 0.312 e. The number of carbonyl (C=O) groups is 1. The highest BCUT2D eigenvalue weighted by molar-refractivity contribution is 7.12. The van der Waals surface area contributed by atoms with Gasteiger partial charge in [-0.05, 0) is 47.8 Å². The Hall–Kier alpha value is -3.70. The van der Waals surface area contributed by atoms with E-state index < -0.39 is 4.92 Å². The quantitative estimate of drug-likeness (QED) is 0.526. The maximum atomic E-state index is 12.0. The molecule has 1 aromatic heterocycles. The number of hydrogen-bond acceptors (Lipinski definition) is 6. The average Bonchev–Trinajstić information content (AvgIpc) is 3.18. The summed E-state index contributed by atoms with van der Waals surface area (Å²) in [5.74, 6) is 0.188. The summed E-state index contributed by atoms with van der Waals surface area (Å²) in [5, 5.41) is 24.6. The first kappa shape index (κ1) is 17.1. The minimum atomic E-state index is -0.605. The van der Waals surface area contributed by atoms with Gasteiger partial charge in [0.2, 0.25) is 5.75 Å². The highest BCUT2D eigenvalue weighted by Gasteiger charge is 2.17. The second-order valence-corrected chi connectivity index (χ2v) is 6.06. The van der Waals surface area contributed by atoms with Gasteiger partial charge in [0.15, 0.2) is 0 Å². The molecule has 0 aliphatic heterocycles. The second kappa shape index (κ2) is 7.46. The number of carbonyl (C=O) groups excluding carboxylic acids is 1. The Morgan fingerprint density at radius 3 is 2.58 bits per heavy atom. The van der Waals surface area contributed by atoms with Crippen molar-refractivity contribution in [2.24, 2.45) is 0 Å². The molecule has 3 aromatic rings. The van der Waals surface area contributed by atoms with Crippen molar-refractivity contribution in [3.63, 3.8) is 0 Å². The number of nitro benzene ring substituents is 1. The Bertz CT molecular complexity index is 992. The highest BCUT2D eigenvalue weighted by atomic mass is 32.1. The SMILES string of the molecule is N#Cc1ccc(Oc2ccc(NC(=O)c3cccs3)cc2)c([N+](=O)[O-])c1. The van der Waals surface area contributed by atoms with Crippen LogP contribution in [0.25, 0.3) is 0 Å². The molecule has 1 heterocycles. The van der Waals surface area contributed by atoms with Crippen LogP contribution in [0.5, 0.6) is 11.5 Å². The van der Waals surface area contributed by atoms with Crippen molar-refractivity contribution in [3.8, 4) is 17.6 Å². The van der Waals surface area contributed by atoms with E-state index in [1.807, 2.05) is 11.4 Å². The van der Waals surface area contributed by atoms with Crippen LogP contribution in [-0.2, 0) is 0 Å². The Kier molecular flexibility index (Phi) is 4.92. The molecule has 128 valence electrons. The molecule has 0 unspecified atom stereocenters. The van der Waals surface area contributed by atoms with Crippen LogP contribution in [0.15, 0.2) is 60.0 Å². The number of thiophene rings is 1. The molecule has 0 fully saturated rings. The zero-order valence-electron chi connectivity index (χ0n) is 13.2. The fourth-order valence-electron chi connectivity index (χ4n) is 2.15. The van der Waals surface area contributed by atoms with Crippen LogP contribution in [-0.4, -0.2) is 10.8 Å². The van der Waals surface area contributed by atoms with E-state index in [0.717, 1.165) is 6.07 Å². The first-order chi connectivity index (χ1) is 12.6. The number of ether oxygens (including phenoxy) is 1. The van der Waals surface area contributed by atoms with Crippen LogP contribution in [0.2, 0.25) is 0 Å². The van der Waals surface area contributed by atoms with Crippen molar-refractivity contribution in [2.75, 3.05) is 5.32 Å². The summed E-state index contributed by atoms with van der Waals surface area (Å²) in [6.07, 6.45) is 0. The lowest BCUT2D eigenvalue weighted by molar-refractivity contribution is -0.385. The lowest BCUT2D eigenvalue weighted by atomic mass is 10.2. The van der Waals surface area contributed by atoms with Crippen LogP contribution in [0, 0.1) is 21.4 Å². The van der Waals surface area contributed by atoms with E-state index in [2.05, 4.69) is 5.32 Å². The van der Waals surface area contributed by atoms with Crippen molar-refractivity contribution >= 4 is 28.6 Å². The number of rotatable bonds is 5. The van der Waals surface area contributed by atoms with Gasteiger partial charge in [-0.3, -0.25) is 14.9 Å². The summed E-state index contributed by atoms with van der Waals surface area (Å²) >= 11 is 1.34. The summed E-state index contributed by atoms with van der Waals surface area (Å²) in [7, 11) is 0. The van der Waals surface area contributed by atoms with Gasteiger partial charge in [-0.1, -0.05) is 6.07 Å². The first-order valence-electron chi connectivity index (χ1n) is 7.38. The Morgan fingerprint density at radius 2 is 1.96 bits per heavy atom. The smallest absolute Gasteiger partial charge is 0.312 e. The van der Waals surface area contributed by atoms with Gasteiger partial charge in [0.1, 0.15) is 5.75 Å². The fourth-order valence-corrected chi connectivity index (χ4v) is 2.77. The molecule has 26 heavy (non-hydrogen) atoms. The van der Waals surface area contributed by atoms with E-state index in [4.69, 9.17) is 10.00 Å². The maximum absolute atomic E-state index is 12.0. The van der Waals surface area contributed by atoms with Crippen molar-refractivity contribution in [1.82, 2.24) is 0 Å². The number of benzene rings is 2. The molecule has 0 saturated heterocycles. The van der Waals surface area contributed by atoms with Crippen LogP contribution in [0.4, 0.5) is 11.4 Å². The van der Waals surface area contributed by atoms with Gasteiger partial charge < -0.3 is 10.1 Å². The molecule has 7 nitrogen and oxygen atoms in total. The van der Waals surface area contributed by atoms with Crippen molar-refractivity contribution in [3.05, 3.63) is 80.5 Å². The minimum absolute atomic E-state index is 0.0318. The van der Waals surface area contributed by atoms with Crippen LogP contribution in [0.1, 0.15) is 15.2 Å². The van der Waals surface area contributed by atoms with Gasteiger partial charge in [-0.25, -0.2) is 0 Å². The Labute approximate surface area is 152 Å². The summed E-state index contributed by atoms with van der Waals surface area (Å²) in [6, 6.07) is 15.8. The first-order valence-corrected chi connectivity index (χ1v) is 8.26. The number of amides is 1. The van der Waals surface area contributed by atoms with E-state index in [9.17, 15) is 14.9 Å². The predicted molar refractivity (Wildman–Crippen MR) is 96.6 cm³/mol. The summed E-state index contributed by atoms with van der Waals surface area (Å²) in [6.45, 7) is 0. The number of anilines is 1. The monoisotopic (exact) mass is 365 g/mol. The van der Waals surface area contributed by atoms with Gasteiger partial charge in [0.25, 0.3) is 5.91 Å². The molecule has 0 aliphatic carbocycles. The molecule has 2 aromatic carbocycles. The number of hydrogen-bond donors (Lipinski definition) is 1. The third-order valence-corrected chi connectivity index (χ3v) is 4.24. The molecule has 0 spiro atoms. The summed E-state index contributed by atoms with van der Waals surface area (Å²) < 4.78 is 5.54. The normalized spacial score (nSPS) is 9.96. The zero-order chi connectivity index (χ0) is 18.5. The molecular weight excluding hydrogens is 354 g/mol. The van der Waals surface area contributed by atoms with Crippen molar-refractivity contribution < 1.29 is 14.5 Å². The zero-order valence-corrected chi connectivity index (χ0v) is 14.0. The van der Waals surface area contributed by atoms with Crippen molar-refractivity contribution in [1.29, 1.82) is 5.26 Å². The van der Waals surface area contributed by atoms with E-state index in [0.29, 0.717) is 16.3 Å². The van der Waals surface area contributed by atoms with Gasteiger partial charge in [0.05, 0.1) is 21.4 Å². The molecule has 0 radical (unpaired) electrons. The minimum Gasteiger partial charge on any atom is -0.450 e. The highest BCUT2D eigenvalue weighted by Crippen LogP contribution is 2.32. The van der Waals surface area contributed by atoms with E-state index in [1.54, 1.807) is 36.4 Å². The summed E-state index contributed by atoms with van der Waals surface area (Å²) in [5.41, 5.74) is 0.458. The standard InChI is InChI=1S/C18H11N3O4S/c19-11-12-3-8-16(15(10-12)21(23)24)25-14-6-4-13(5-7-14)20-18(22)17-2-1-9-26-17/h1-10H,(H,20,22). The largest absolute Gasteiger partial charge is 0.450 e. The molecular formula is C18H11N3O4S. The molecule has 0 atom stereocenters. The molecule has 0 aliphatic rings.